The molecule has 3 nitrogen and oxygen atoms in total. The summed E-state index contributed by atoms with van der Waals surface area (Å²) in [4.78, 5) is 13.6. The molecule has 0 saturated carbocycles. The number of ether oxygens (including phenoxy) is 1. The fourth-order valence-corrected chi connectivity index (χ4v) is 3.07. The summed E-state index contributed by atoms with van der Waals surface area (Å²) in [5.41, 5.74) is -0.0374. The van der Waals surface area contributed by atoms with E-state index in [1.54, 1.807) is 6.92 Å². The van der Waals surface area contributed by atoms with Crippen LogP contribution in [0.5, 0.6) is 0 Å². The van der Waals surface area contributed by atoms with Crippen LogP contribution in [0.15, 0.2) is 0 Å². The maximum absolute atomic E-state index is 11.5. The maximum Gasteiger partial charge on any atom is 0.147 e. The van der Waals surface area contributed by atoms with Crippen molar-refractivity contribution in [3.8, 4) is 0 Å². The van der Waals surface area contributed by atoms with Crippen molar-refractivity contribution in [3.05, 3.63) is 0 Å². The highest BCUT2D eigenvalue weighted by Crippen LogP contribution is 2.42. The molecule has 3 heteroatoms. The van der Waals surface area contributed by atoms with Gasteiger partial charge in [0.15, 0.2) is 0 Å². The van der Waals surface area contributed by atoms with Gasteiger partial charge in [-0.3, -0.25) is 9.69 Å². The molecule has 2 aliphatic rings. The lowest BCUT2D eigenvalue weighted by atomic mass is 9.89. The molecule has 2 fully saturated rings. The molecular formula is C11H19NO2. The summed E-state index contributed by atoms with van der Waals surface area (Å²) < 4.78 is 5.93. The Bertz CT molecular complexity index is 262. The fourth-order valence-electron chi connectivity index (χ4n) is 3.07. The predicted octanol–water partition coefficient (Wildman–Crippen LogP) is 1.07. The van der Waals surface area contributed by atoms with E-state index in [1.165, 1.54) is 0 Å². The van der Waals surface area contributed by atoms with Crippen molar-refractivity contribution in [2.75, 3.05) is 13.6 Å². The zero-order valence-electron chi connectivity index (χ0n) is 9.41. The lowest BCUT2D eigenvalue weighted by molar-refractivity contribution is -0.121. The van der Waals surface area contributed by atoms with Gasteiger partial charge in [-0.15, -0.1) is 0 Å². The second-order valence-electron chi connectivity index (χ2n) is 5.28. The number of carbonyl (C=O) groups is 1. The molecule has 0 aromatic rings. The van der Waals surface area contributed by atoms with Gasteiger partial charge in [0.05, 0.1) is 17.7 Å². The van der Waals surface area contributed by atoms with E-state index in [2.05, 4.69) is 18.7 Å². The van der Waals surface area contributed by atoms with Crippen molar-refractivity contribution in [1.82, 2.24) is 4.90 Å². The van der Waals surface area contributed by atoms with Gasteiger partial charge < -0.3 is 4.74 Å². The number of hydrogen-bond donors (Lipinski definition) is 0. The number of nitrogens with zero attached hydrogens (tertiary/aromatic N) is 1. The lowest BCUT2D eigenvalue weighted by Gasteiger charge is -2.24. The molecule has 0 unspecified atom stereocenters. The summed E-state index contributed by atoms with van der Waals surface area (Å²) >= 11 is 0. The summed E-state index contributed by atoms with van der Waals surface area (Å²) in [6.45, 7) is 6.82. The van der Waals surface area contributed by atoms with Gasteiger partial charge in [-0.1, -0.05) is 0 Å². The topological polar surface area (TPSA) is 29.5 Å². The lowest BCUT2D eigenvalue weighted by Crippen LogP contribution is -2.37. The van der Waals surface area contributed by atoms with Gasteiger partial charge in [0.25, 0.3) is 0 Å². The highest BCUT2D eigenvalue weighted by Gasteiger charge is 2.51. The molecule has 0 spiro atoms. The van der Waals surface area contributed by atoms with Crippen LogP contribution in [0.25, 0.3) is 0 Å². The number of ketones is 1. The van der Waals surface area contributed by atoms with Crippen LogP contribution in [-0.2, 0) is 9.53 Å². The Morgan fingerprint density at radius 1 is 1.50 bits per heavy atom. The van der Waals surface area contributed by atoms with Crippen molar-refractivity contribution < 1.29 is 9.53 Å². The van der Waals surface area contributed by atoms with Gasteiger partial charge in [-0.25, -0.2) is 0 Å². The third-order valence-electron chi connectivity index (χ3n) is 3.44. The van der Waals surface area contributed by atoms with Crippen molar-refractivity contribution in [1.29, 1.82) is 0 Å². The SMILES string of the molecule is CC(=O)[C@@H]1[C@H]2CC(C)(C)O[C@H]2CN1C. The second kappa shape index (κ2) is 3.04. The molecule has 0 amide bonds. The number of rotatable bonds is 1. The average Bonchev–Trinajstić information content (AvgIpc) is 2.37. The van der Waals surface area contributed by atoms with Gasteiger partial charge >= 0.3 is 0 Å². The molecule has 0 aromatic heterocycles. The molecule has 14 heavy (non-hydrogen) atoms. The number of carbonyl (C=O) groups excluding carboxylic acids is 1. The van der Waals surface area contributed by atoms with Crippen LogP contribution in [0, 0.1) is 5.92 Å². The summed E-state index contributed by atoms with van der Waals surface area (Å²) in [5.74, 6) is 0.689. The van der Waals surface area contributed by atoms with E-state index >= 15 is 0 Å². The minimum atomic E-state index is -0.0374. The Morgan fingerprint density at radius 3 is 2.71 bits per heavy atom. The van der Waals surface area contributed by atoms with Crippen molar-refractivity contribution in [2.45, 2.75) is 44.9 Å². The molecule has 2 aliphatic heterocycles. The summed E-state index contributed by atoms with van der Waals surface area (Å²) in [6.07, 6.45) is 1.27. The van der Waals surface area contributed by atoms with E-state index < -0.39 is 0 Å². The number of fused-ring (bicyclic) bond motifs is 1. The van der Waals surface area contributed by atoms with Crippen LogP contribution in [-0.4, -0.2) is 42.0 Å². The first kappa shape index (κ1) is 10.1. The van der Waals surface area contributed by atoms with Gasteiger partial charge in [-0.05, 0) is 34.2 Å². The van der Waals surface area contributed by atoms with Crippen molar-refractivity contribution in [2.24, 2.45) is 5.92 Å². The van der Waals surface area contributed by atoms with Crippen molar-refractivity contribution in [3.63, 3.8) is 0 Å². The summed E-state index contributed by atoms with van der Waals surface area (Å²) in [6, 6.07) is 0.0850. The van der Waals surface area contributed by atoms with Crippen LogP contribution in [0.1, 0.15) is 27.2 Å². The molecular weight excluding hydrogens is 178 g/mol. The van der Waals surface area contributed by atoms with Crippen LogP contribution in [0.4, 0.5) is 0 Å². The van der Waals surface area contributed by atoms with Crippen LogP contribution < -0.4 is 0 Å². The van der Waals surface area contributed by atoms with Gasteiger partial charge in [0.1, 0.15) is 5.78 Å². The van der Waals surface area contributed by atoms with E-state index in [9.17, 15) is 4.79 Å². The average molecular weight is 197 g/mol. The molecule has 0 aliphatic carbocycles. The van der Waals surface area contributed by atoms with E-state index in [-0.39, 0.29) is 23.5 Å². The Kier molecular flexibility index (Phi) is 2.20. The number of Topliss-reactive ketones (excluding diaryl/α,β-unsaturated/α-hetero) is 1. The second-order valence-corrected chi connectivity index (χ2v) is 5.28. The first-order valence-electron chi connectivity index (χ1n) is 5.29. The van der Waals surface area contributed by atoms with E-state index in [1.807, 2.05) is 7.05 Å². The molecule has 0 bridgehead atoms. The maximum atomic E-state index is 11.5. The Morgan fingerprint density at radius 2 is 2.14 bits per heavy atom. The first-order valence-corrected chi connectivity index (χ1v) is 5.29. The fraction of sp³-hybridized carbons (Fsp3) is 0.909. The number of hydrogen-bond acceptors (Lipinski definition) is 3. The Hall–Kier alpha value is -0.410. The van der Waals surface area contributed by atoms with Gasteiger partial charge in [-0.2, -0.15) is 0 Å². The molecule has 2 heterocycles. The molecule has 2 saturated heterocycles. The predicted molar refractivity (Wildman–Crippen MR) is 54.2 cm³/mol. The molecule has 0 radical (unpaired) electrons. The molecule has 2 rings (SSSR count). The van der Waals surface area contributed by atoms with Crippen LogP contribution in [0.2, 0.25) is 0 Å². The standard InChI is InChI=1S/C11H19NO2/c1-7(13)10-8-5-11(2,3)14-9(8)6-12(10)4/h8-10H,5-6H2,1-4H3/t8-,9-,10+/m0/s1. The quantitative estimate of drug-likeness (QED) is 0.630. The zero-order valence-corrected chi connectivity index (χ0v) is 9.41. The third kappa shape index (κ3) is 1.48. The molecule has 80 valence electrons. The van der Waals surface area contributed by atoms with E-state index in [4.69, 9.17) is 4.74 Å². The minimum absolute atomic E-state index is 0.0374. The Labute approximate surface area is 85.4 Å². The van der Waals surface area contributed by atoms with E-state index in [0.717, 1.165) is 13.0 Å². The third-order valence-corrected chi connectivity index (χ3v) is 3.44. The van der Waals surface area contributed by atoms with Crippen LogP contribution in [0.3, 0.4) is 0 Å². The molecule has 3 atom stereocenters. The normalized spacial score (nSPS) is 41.3. The highest BCUT2D eigenvalue weighted by atomic mass is 16.5. The summed E-state index contributed by atoms with van der Waals surface area (Å²) in [5, 5.41) is 0. The molecule has 0 N–H and O–H groups in total. The van der Waals surface area contributed by atoms with Crippen LogP contribution >= 0.6 is 0 Å². The monoisotopic (exact) mass is 197 g/mol. The van der Waals surface area contributed by atoms with E-state index in [0.29, 0.717) is 5.92 Å². The smallest absolute Gasteiger partial charge is 0.147 e. The largest absolute Gasteiger partial charge is 0.371 e. The minimum Gasteiger partial charge on any atom is -0.371 e. The number of likely N-dealkylation sites (tertiary alicyclic amines) is 1. The zero-order chi connectivity index (χ0) is 10.5. The number of likely N-dealkylation sites (N-methyl/N-ethyl adjacent to an activating group) is 1. The first-order chi connectivity index (χ1) is 6.41. The van der Waals surface area contributed by atoms with Gasteiger partial charge in [0.2, 0.25) is 0 Å². The highest BCUT2D eigenvalue weighted by molar-refractivity contribution is 5.82. The van der Waals surface area contributed by atoms with Gasteiger partial charge in [0, 0.05) is 12.5 Å². The Balaban J connectivity index is 2.18. The molecule has 0 aromatic carbocycles. The summed E-state index contributed by atoms with van der Waals surface area (Å²) in [7, 11) is 2.01. The van der Waals surface area contributed by atoms with Crippen molar-refractivity contribution >= 4 is 5.78 Å².